The van der Waals surface area contributed by atoms with Gasteiger partial charge in [-0.2, -0.15) is 0 Å². The van der Waals surface area contributed by atoms with Crippen LogP contribution in [0.4, 0.5) is 5.69 Å². The van der Waals surface area contributed by atoms with Gasteiger partial charge in [-0.15, -0.1) is 10.2 Å². The van der Waals surface area contributed by atoms with Crippen LogP contribution in [0.1, 0.15) is 26.6 Å². The highest BCUT2D eigenvalue weighted by molar-refractivity contribution is 7.99. The Morgan fingerprint density at radius 1 is 1.41 bits per heavy atom. The zero-order valence-electron chi connectivity index (χ0n) is 12.6. The van der Waals surface area contributed by atoms with Gasteiger partial charge < -0.3 is 11.2 Å². The standard InChI is InChI=1S/C14H18ClN5OS/c1-14(2,3)12-18-19-13(20(12)16)22-8-11(21)17-10-6-4-5-9(15)7-10/h4-7H,8,16H2,1-3H3,(H,17,21). The summed E-state index contributed by atoms with van der Waals surface area (Å²) in [6, 6.07) is 6.99. The molecule has 2 aromatic rings. The molecule has 0 aliphatic carbocycles. The van der Waals surface area contributed by atoms with Crippen LogP contribution in [0.3, 0.4) is 0 Å². The molecule has 1 aromatic heterocycles. The number of nitrogens with one attached hydrogen (secondary N) is 1. The molecule has 0 unspecified atom stereocenters. The molecule has 3 N–H and O–H groups in total. The molecule has 22 heavy (non-hydrogen) atoms. The van der Waals surface area contributed by atoms with Crippen LogP contribution >= 0.6 is 23.4 Å². The molecular weight excluding hydrogens is 322 g/mol. The van der Waals surface area contributed by atoms with Gasteiger partial charge in [0, 0.05) is 16.1 Å². The Bertz CT molecular complexity index is 680. The van der Waals surface area contributed by atoms with Crippen molar-refractivity contribution in [3.05, 3.63) is 35.1 Å². The molecule has 0 spiro atoms. The summed E-state index contributed by atoms with van der Waals surface area (Å²) in [6.45, 7) is 6.00. The van der Waals surface area contributed by atoms with E-state index in [9.17, 15) is 4.79 Å². The summed E-state index contributed by atoms with van der Waals surface area (Å²) < 4.78 is 1.43. The van der Waals surface area contributed by atoms with Gasteiger partial charge in [-0.1, -0.05) is 50.2 Å². The predicted octanol–water partition coefficient (Wildman–Crippen LogP) is 2.67. The first-order valence-electron chi connectivity index (χ1n) is 6.66. The number of rotatable bonds is 4. The highest BCUT2D eigenvalue weighted by Crippen LogP contribution is 2.23. The highest BCUT2D eigenvalue weighted by atomic mass is 35.5. The number of benzene rings is 1. The van der Waals surface area contributed by atoms with Gasteiger partial charge in [0.25, 0.3) is 0 Å². The van der Waals surface area contributed by atoms with Crippen molar-refractivity contribution in [3.8, 4) is 0 Å². The minimum Gasteiger partial charge on any atom is -0.336 e. The average Bonchev–Trinajstić information content (AvgIpc) is 2.77. The Morgan fingerprint density at radius 2 is 2.14 bits per heavy atom. The van der Waals surface area contributed by atoms with Crippen LogP contribution in [0, 0.1) is 0 Å². The highest BCUT2D eigenvalue weighted by Gasteiger charge is 2.23. The van der Waals surface area contributed by atoms with E-state index in [0.717, 1.165) is 0 Å². The van der Waals surface area contributed by atoms with Crippen molar-refractivity contribution in [2.45, 2.75) is 31.3 Å². The van der Waals surface area contributed by atoms with E-state index in [1.807, 2.05) is 20.8 Å². The lowest BCUT2D eigenvalue weighted by atomic mass is 9.96. The van der Waals surface area contributed by atoms with Crippen LogP contribution in [0.15, 0.2) is 29.4 Å². The molecule has 0 atom stereocenters. The minimum absolute atomic E-state index is 0.160. The largest absolute Gasteiger partial charge is 0.336 e. The van der Waals surface area contributed by atoms with E-state index in [1.165, 1.54) is 16.4 Å². The molecule has 2 rings (SSSR count). The Hall–Kier alpha value is -1.73. The molecule has 0 saturated carbocycles. The van der Waals surface area contributed by atoms with Gasteiger partial charge in [-0.05, 0) is 18.2 Å². The first-order valence-corrected chi connectivity index (χ1v) is 8.03. The smallest absolute Gasteiger partial charge is 0.234 e. The van der Waals surface area contributed by atoms with Gasteiger partial charge in [0.2, 0.25) is 11.1 Å². The zero-order chi connectivity index (χ0) is 16.3. The third-order valence-corrected chi connectivity index (χ3v) is 3.95. The Kier molecular flexibility index (Phi) is 4.97. The van der Waals surface area contributed by atoms with Crippen molar-refractivity contribution >= 4 is 35.0 Å². The fourth-order valence-electron chi connectivity index (χ4n) is 1.78. The van der Waals surface area contributed by atoms with Crippen LogP contribution in [0.25, 0.3) is 0 Å². The molecule has 0 aliphatic rings. The topological polar surface area (TPSA) is 85.8 Å². The van der Waals surface area contributed by atoms with Crippen molar-refractivity contribution < 1.29 is 4.79 Å². The third-order valence-electron chi connectivity index (χ3n) is 2.78. The SMILES string of the molecule is CC(C)(C)c1nnc(SCC(=O)Nc2cccc(Cl)c2)n1N. The number of nitrogen functional groups attached to an aromatic ring is 1. The van der Waals surface area contributed by atoms with Gasteiger partial charge >= 0.3 is 0 Å². The molecule has 0 bridgehead atoms. The molecule has 0 radical (unpaired) electrons. The summed E-state index contributed by atoms with van der Waals surface area (Å²) in [6.07, 6.45) is 0. The maximum absolute atomic E-state index is 11.9. The molecule has 0 aliphatic heterocycles. The molecule has 1 aromatic carbocycles. The van der Waals surface area contributed by atoms with Gasteiger partial charge in [-0.25, -0.2) is 4.68 Å². The normalized spacial score (nSPS) is 11.5. The molecule has 8 heteroatoms. The van der Waals surface area contributed by atoms with Gasteiger partial charge in [0.15, 0.2) is 5.82 Å². The number of hydrogen-bond acceptors (Lipinski definition) is 5. The number of hydrogen-bond donors (Lipinski definition) is 2. The van der Waals surface area contributed by atoms with Gasteiger partial charge in [0.1, 0.15) is 0 Å². The number of nitrogens with zero attached hydrogens (tertiary/aromatic N) is 3. The van der Waals surface area contributed by atoms with Crippen LogP contribution in [0.2, 0.25) is 5.02 Å². The summed E-state index contributed by atoms with van der Waals surface area (Å²) in [5.41, 5.74) is 0.451. The second-order valence-electron chi connectivity index (χ2n) is 5.77. The van der Waals surface area contributed by atoms with E-state index in [-0.39, 0.29) is 17.1 Å². The zero-order valence-corrected chi connectivity index (χ0v) is 14.2. The van der Waals surface area contributed by atoms with E-state index in [2.05, 4.69) is 15.5 Å². The monoisotopic (exact) mass is 339 g/mol. The van der Waals surface area contributed by atoms with Crippen molar-refractivity contribution in [2.75, 3.05) is 16.9 Å². The Morgan fingerprint density at radius 3 is 2.73 bits per heavy atom. The number of anilines is 1. The maximum atomic E-state index is 11.9. The van der Waals surface area contributed by atoms with Crippen LogP contribution in [0.5, 0.6) is 0 Å². The number of amides is 1. The van der Waals surface area contributed by atoms with Crippen LogP contribution < -0.4 is 11.2 Å². The van der Waals surface area contributed by atoms with Crippen molar-refractivity contribution in [1.29, 1.82) is 0 Å². The summed E-state index contributed by atoms with van der Waals surface area (Å²) in [5.74, 6) is 6.67. The second kappa shape index (κ2) is 6.58. The average molecular weight is 340 g/mol. The second-order valence-corrected chi connectivity index (χ2v) is 7.15. The Labute approximate surface area is 138 Å². The molecule has 118 valence electrons. The molecule has 1 amide bonds. The first kappa shape index (κ1) is 16.6. The molecular formula is C14H18ClN5OS. The summed E-state index contributed by atoms with van der Waals surface area (Å²) in [4.78, 5) is 11.9. The number of nitrogens with two attached hydrogens (primary N) is 1. The molecule has 6 nitrogen and oxygen atoms in total. The van der Waals surface area contributed by atoms with Crippen molar-refractivity contribution in [1.82, 2.24) is 14.9 Å². The summed E-state index contributed by atoms with van der Waals surface area (Å²) >= 11 is 7.11. The number of thioether (sulfide) groups is 1. The number of halogens is 1. The Balaban J connectivity index is 1.96. The lowest BCUT2D eigenvalue weighted by Crippen LogP contribution is -2.24. The number of carbonyl (C=O) groups excluding carboxylic acids is 1. The quantitative estimate of drug-likeness (QED) is 0.660. The molecule has 0 saturated heterocycles. The fraction of sp³-hybridized carbons (Fsp3) is 0.357. The number of carbonyl (C=O) groups is 1. The lowest BCUT2D eigenvalue weighted by molar-refractivity contribution is -0.113. The summed E-state index contributed by atoms with van der Waals surface area (Å²) in [5, 5.41) is 11.9. The third kappa shape index (κ3) is 4.14. The van der Waals surface area contributed by atoms with E-state index in [0.29, 0.717) is 21.7 Å². The van der Waals surface area contributed by atoms with Crippen molar-refractivity contribution in [2.24, 2.45) is 0 Å². The molecule has 0 fully saturated rings. The predicted molar refractivity (Wildman–Crippen MR) is 89.7 cm³/mol. The van der Waals surface area contributed by atoms with Crippen molar-refractivity contribution in [3.63, 3.8) is 0 Å². The molecule has 1 heterocycles. The summed E-state index contributed by atoms with van der Waals surface area (Å²) in [7, 11) is 0. The number of aromatic nitrogens is 3. The fourth-order valence-corrected chi connectivity index (χ4v) is 2.63. The van der Waals surface area contributed by atoms with E-state index < -0.39 is 0 Å². The first-order chi connectivity index (χ1) is 10.3. The van der Waals surface area contributed by atoms with Gasteiger partial charge in [-0.3, -0.25) is 4.79 Å². The maximum Gasteiger partial charge on any atom is 0.234 e. The van der Waals surface area contributed by atoms with Gasteiger partial charge in [0.05, 0.1) is 5.75 Å². The lowest BCUT2D eigenvalue weighted by Gasteiger charge is -2.16. The van der Waals surface area contributed by atoms with Crippen LogP contribution in [-0.2, 0) is 10.2 Å². The van der Waals surface area contributed by atoms with E-state index in [1.54, 1.807) is 24.3 Å². The van der Waals surface area contributed by atoms with Crippen LogP contribution in [-0.4, -0.2) is 26.5 Å². The van der Waals surface area contributed by atoms with E-state index >= 15 is 0 Å². The minimum atomic E-state index is -0.205. The van der Waals surface area contributed by atoms with E-state index in [4.69, 9.17) is 17.4 Å².